The molecule has 0 atom stereocenters. The first-order chi connectivity index (χ1) is 9.68. The van der Waals surface area contributed by atoms with Gasteiger partial charge in [-0.3, -0.25) is 10.1 Å². The standard InChI is InChI=1S/C13H17FN2O4S/c1-5-7-15(6-2)21(19,20)13-9(3)8-11(14)12(10(13)4)16(17)18/h5,8H,1,6-7H2,2-4H3. The Morgan fingerprint density at radius 3 is 2.48 bits per heavy atom. The number of rotatable bonds is 6. The molecule has 0 saturated heterocycles. The third-order valence-electron chi connectivity index (χ3n) is 3.09. The molecular formula is C13H17FN2O4S. The second-order valence-corrected chi connectivity index (χ2v) is 6.35. The Labute approximate surface area is 123 Å². The van der Waals surface area contributed by atoms with Gasteiger partial charge in [-0.15, -0.1) is 6.58 Å². The van der Waals surface area contributed by atoms with E-state index in [1.807, 2.05) is 0 Å². The minimum absolute atomic E-state index is 0.0723. The summed E-state index contributed by atoms with van der Waals surface area (Å²) in [6, 6.07) is 0.875. The monoisotopic (exact) mass is 316 g/mol. The van der Waals surface area contributed by atoms with E-state index in [1.165, 1.54) is 19.9 Å². The zero-order chi connectivity index (χ0) is 16.4. The number of nitrogens with zero attached hydrogens (tertiary/aromatic N) is 2. The van der Waals surface area contributed by atoms with Crippen molar-refractivity contribution in [2.75, 3.05) is 13.1 Å². The molecule has 1 aromatic carbocycles. The number of likely N-dealkylation sites (N-methyl/N-ethyl adjacent to an activating group) is 1. The molecule has 8 heteroatoms. The lowest BCUT2D eigenvalue weighted by Crippen LogP contribution is -2.32. The highest BCUT2D eigenvalue weighted by Crippen LogP contribution is 2.32. The smallest absolute Gasteiger partial charge is 0.258 e. The Hall–Kier alpha value is -1.80. The summed E-state index contributed by atoms with van der Waals surface area (Å²) in [5.74, 6) is -1.04. The van der Waals surface area contributed by atoms with Crippen molar-refractivity contribution in [3.8, 4) is 0 Å². The van der Waals surface area contributed by atoms with Crippen molar-refractivity contribution in [3.05, 3.63) is 45.8 Å². The number of halogens is 1. The van der Waals surface area contributed by atoms with E-state index in [9.17, 15) is 22.9 Å². The predicted octanol–water partition coefficient (Wildman–Crippen LogP) is 2.55. The maximum absolute atomic E-state index is 13.7. The molecule has 0 saturated carbocycles. The molecule has 0 aliphatic rings. The summed E-state index contributed by atoms with van der Waals surface area (Å²) in [5, 5.41) is 10.9. The van der Waals surface area contributed by atoms with Crippen molar-refractivity contribution in [1.29, 1.82) is 0 Å². The van der Waals surface area contributed by atoms with Crippen molar-refractivity contribution < 1.29 is 17.7 Å². The Morgan fingerprint density at radius 1 is 1.48 bits per heavy atom. The molecule has 0 bridgehead atoms. The topological polar surface area (TPSA) is 80.5 Å². The highest BCUT2D eigenvalue weighted by molar-refractivity contribution is 7.89. The molecule has 116 valence electrons. The van der Waals surface area contributed by atoms with Crippen LogP contribution in [0.3, 0.4) is 0 Å². The lowest BCUT2D eigenvalue weighted by atomic mass is 10.1. The molecule has 21 heavy (non-hydrogen) atoms. The van der Waals surface area contributed by atoms with Crippen LogP contribution in [0.5, 0.6) is 0 Å². The third kappa shape index (κ3) is 3.11. The number of benzene rings is 1. The summed E-state index contributed by atoms with van der Waals surface area (Å²) in [4.78, 5) is 9.81. The fraction of sp³-hybridized carbons (Fsp3) is 0.385. The molecular weight excluding hydrogens is 299 g/mol. The lowest BCUT2D eigenvalue weighted by Gasteiger charge is -2.21. The Bertz CT molecular complexity index is 686. The Balaban J connectivity index is 3.67. The van der Waals surface area contributed by atoms with Gasteiger partial charge >= 0.3 is 5.69 Å². The van der Waals surface area contributed by atoms with Crippen LogP contribution in [0.1, 0.15) is 18.1 Å². The predicted molar refractivity (Wildman–Crippen MR) is 77.2 cm³/mol. The van der Waals surface area contributed by atoms with Gasteiger partial charge in [0.15, 0.2) is 0 Å². The fourth-order valence-electron chi connectivity index (χ4n) is 2.20. The minimum Gasteiger partial charge on any atom is -0.258 e. The van der Waals surface area contributed by atoms with E-state index in [4.69, 9.17) is 0 Å². The maximum atomic E-state index is 13.7. The van der Waals surface area contributed by atoms with Gasteiger partial charge in [0, 0.05) is 13.1 Å². The van der Waals surface area contributed by atoms with Gasteiger partial charge in [-0.2, -0.15) is 8.70 Å². The summed E-state index contributed by atoms with van der Waals surface area (Å²) in [5.41, 5.74) is -0.869. The quantitative estimate of drug-likeness (QED) is 0.459. The lowest BCUT2D eigenvalue weighted by molar-refractivity contribution is -0.388. The fourth-order valence-corrected chi connectivity index (χ4v) is 4.05. The summed E-state index contributed by atoms with van der Waals surface area (Å²) in [6.45, 7) is 8.03. The van der Waals surface area contributed by atoms with Gasteiger partial charge in [0.05, 0.1) is 15.4 Å². The first-order valence-corrected chi connectivity index (χ1v) is 7.67. The maximum Gasteiger partial charge on any atom is 0.309 e. The van der Waals surface area contributed by atoms with Crippen molar-refractivity contribution in [2.45, 2.75) is 25.7 Å². The van der Waals surface area contributed by atoms with Gasteiger partial charge in [0.1, 0.15) is 0 Å². The number of hydrogen-bond donors (Lipinski definition) is 0. The first kappa shape index (κ1) is 17.3. The zero-order valence-corrected chi connectivity index (χ0v) is 12.9. The summed E-state index contributed by atoms with van der Waals surface area (Å²) in [6.07, 6.45) is 1.42. The van der Waals surface area contributed by atoms with Crippen LogP contribution >= 0.6 is 0 Å². The van der Waals surface area contributed by atoms with Gasteiger partial charge in [-0.1, -0.05) is 13.0 Å². The van der Waals surface area contributed by atoms with Gasteiger partial charge in [0.25, 0.3) is 0 Å². The molecule has 0 unspecified atom stereocenters. The number of hydrogen-bond acceptors (Lipinski definition) is 4. The van der Waals surface area contributed by atoms with Crippen molar-refractivity contribution in [2.24, 2.45) is 0 Å². The number of nitro groups is 1. The number of nitro benzene ring substituents is 1. The van der Waals surface area contributed by atoms with Crippen LogP contribution in [-0.2, 0) is 10.0 Å². The van der Waals surface area contributed by atoms with Crippen LogP contribution in [-0.4, -0.2) is 30.7 Å². The minimum atomic E-state index is -3.96. The molecule has 0 aliphatic carbocycles. The van der Waals surface area contributed by atoms with Crippen LogP contribution < -0.4 is 0 Å². The molecule has 0 heterocycles. The van der Waals surface area contributed by atoms with E-state index in [2.05, 4.69) is 6.58 Å². The van der Waals surface area contributed by atoms with Gasteiger partial charge in [-0.25, -0.2) is 8.42 Å². The Morgan fingerprint density at radius 2 is 2.05 bits per heavy atom. The average Bonchev–Trinajstić information content (AvgIpc) is 2.33. The average molecular weight is 316 g/mol. The Kier molecular flexibility index (Phi) is 5.19. The van der Waals surface area contributed by atoms with E-state index >= 15 is 0 Å². The van der Waals surface area contributed by atoms with Gasteiger partial charge in [-0.05, 0) is 25.5 Å². The van der Waals surface area contributed by atoms with E-state index in [-0.39, 0.29) is 29.1 Å². The van der Waals surface area contributed by atoms with Crippen LogP contribution in [0.2, 0.25) is 0 Å². The van der Waals surface area contributed by atoms with Crippen molar-refractivity contribution in [1.82, 2.24) is 4.31 Å². The van der Waals surface area contributed by atoms with E-state index in [1.54, 1.807) is 6.92 Å². The van der Waals surface area contributed by atoms with Crippen LogP contribution in [0.25, 0.3) is 0 Å². The highest BCUT2D eigenvalue weighted by atomic mass is 32.2. The molecule has 0 fully saturated rings. The van der Waals surface area contributed by atoms with Gasteiger partial charge < -0.3 is 0 Å². The van der Waals surface area contributed by atoms with Crippen molar-refractivity contribution >= 4 is 15.7 Å². The first-order valence-electron chi connectivity index (χ1n) is 6.23. The van der Waals surface area contributed by atoms with E-state index in [0.717, 1.165) is 10.4 Å². The molecule has 0 aromatic heterocycles. The third-order valence-corrected chi connectivity index (χ3v) is 5.32. The number of sulfonamides is 1. The van der Waals surface area contributed by atoms with E-state index in [0.29, 0.717) is 0 Å². The molecule has 0 aliphatic heterocycles. The summed E-state index contributed by atoms with van der Waals surface area (Å²) in [7, 11) is -3.96. The number of aryl methyl sites for hydroxylation is 1. The molecule has 0 spiro atoms. The normalized spacial score (nSPS) is 11.7. The molecule has 0 amide bonds. The largest absolute Gasteiger partial charge is 0.309 e. The second kappa shape index (κ2) is 6.31. The van der Waals surface area contributed by atoms with Crippen LogP contribution in [0.15, 0.2) is 23.6 Å². The molecule has 6 nitrogen and oxygen atoms in total. The van der Waals surface area contributed by atoms with Crippen molar-refractivity contribution in [3.63, 3.8) is 0 Å². The molecule has 1 aromatic rings. The highest BCUT2D eigenvalue weighted by Gasteiger charge is 2.32. The van der Waals surface area contributed by atoms with Crippen LogP contribution in [0.4, 0.5) is 10.1 Å². The molecule has 1 rings (SSSR count). The summed E-state index contributed by atoms with van der Waals surface area (Å²) < 4.78 is 40.0. The van der Waals surface area contributed by atoms with Gasteiger partial charge in [0.2, 0.25) is 15.8 Å². The SMILES string of the molecule is C=CCN(CC)S(=O)(=O)c1c(C)cc(F)c([N+](=O)[O-])c1C. The van der Waals surface area contributed by atoms with E-state index < -0.39 is 26.5 Å². The molecule has 0 N–H and O–H groups in total. The molecule has 0 radical (unpaired) electrons. The zero-order valence-electron chi connectivity index (χ0n) is 12.1. The second-order valence-electron chi connectivity index (χ2n) is 4.48. The summed E-state index contributed by atoms with van der Waals surface area (Å²) >= 11 is 0. The van der Waals surface area contributed by atoms with Crippen LogP contribution in [0, 0.1) is 29.8 Å².